The zero-order valence-electron chi connectivity index (χ0n) is 16.5. The fourth-order valence-corrected chi connectivity index (χ4v) is 3.33. The van der Waals surface area contributed by atoms with Gasteiger partial charge in [0.1, 0.15) is 12.3 Å². The molecule has 7 heteroatoms. The average Bonchev–Trinajstić information content (AvgIpc) is 3.27. The second kappa shape index (κ2) is 8.24. The van der Waals surface area contributed by atoms with Crippen molar-refractivity contribution in [1.29, 1.82) is 0 Å². The maximum atomic E-state index is 13.1. The van der Waals surface area contributed by atoms with Crippen molar-refractivity contribution in [3.05, 3.63) is 105 Å². The Morgan fingerprint density at radius 2 is 1.73 bits per heavy atom. The molecule has 0 aliphatic carbocycles. The average molecular weight is 403 g/mol. The Balaban J connectivity index is 1.65. The molecule has 0 bridgehead atoms. The fraction of sp³-hybridized carbons (Fsp3) is 0.174. The van der Waals surface area contributed by atoms with Crippen molar-refractivity contribution in [3.63, 3.8) is 0 Å². The third kappa shape index (κ3) is 3.96. The second-order valence-electron chi connectivity index (χ2n) is 7.12. The SMILES string of the molecule is Cc1ccc(CNC(=O)Cn2c(=O)n(Cc3ccco3)c(=O)c3ccccc32)cc1. The van der Waals surface area contributed by atoms with E-state index in [9.17, 15) is 14.4 Å². The minimum atomic E-state index is -0.555. The predicted octanol–water partition coefficient (Wildman–Crippen LogP) is 2.43. The number of hydrogen-bond acceptors (Lipinski definition) is 4. The number of rotatable bonds is 6. The van der Waals surface area contributed by atoms with Gasteiger partial charge in [-0.05, 0) is 36.8 Å². The molecule has 0 fully saturated rings. The van der Waals surface area contributed by atoms with Gasteiger partial charge in [0.2, 0.25) is 5.91 Å². The molecule has 1 amide bonds. The lowest BCUT2D eigenvalue weighted by molar-refractivity contribution is -0.121. The summed E-state index contributed by atoms with van der Waals surface area (Å²) in [5.74, 6) is 0.172. The van der Waals surface area contributed by atoms with Crippen molar-refractivity contribution in [2.75, 3.05) is 0 Å². The number of furan rings is 1. The Kier molecular flexibility index (Phi) is 5.34. The molecule has 152 valence electrons. The summed E-state index contributed by atoms with van der Waals surface area (Å²) in [7, 11) is 0. The summed E-state index contributed by atoms with van der Waals surface area (Å²) in [4.78, 5) is 38.5. The molecule has 4 aromatic rings. The van der Waals surface area contributed by atoms with Gasteiger partial charge in [-0.1, -0.05) is 42.0 Å². The minimum absolute atomic E-state index is 0.000483. The first kappa shape index (κ1) is 19.4. The van der Waals surface area contributed by atoms with Crippen LogP contribution in [-0.2, 0) is 24.4 Å². The number of fused-ring (bicyclic) bond motifs is 1. The van der Waals surface area contributed by atoms with E-state index in [1.54, 1.807) is 36.4 Å². The maximum Gasteiger partial charge on any atom is 0.332 e. The maximum absolute atomic E-state index is 13.1. The Morgan fingerprint density at radius 1 is 0.967 bits per heavy atom. The van der Waals surface area contributed by atoms with Gasteiger partial charge in [0.25, 0.3) is 5.56 Å². The molecule has 0 atom stereocenters. The van der Waals surface area contributed by atoms with E-state index in [1.807, 2.05) is 31.2 Å². The van der Waals surface area contributed by atoms with E-state index >= 15 is 0 Å². The van der Waals surface area contributed by atoms with E-state index in [4.69, 9.17) is 4.42 Å². The largest absolute Gasteiger partial charge is 0.467 e. The molecule has 0 saturated heterocycles. The van der Waals surface area contributed by atoms with E-state index in [-0.39, 0.29) is 19.0 Å². The van der Waals surface area contributed by atoms with Crippen LogP contribution >= 0.6 is 0 Å². The van der Waals surface area contributed by atoms with Gasteiger partial charge in [-0.15, -0.1) is 0 Å². The fourth-order valence-electron chi connectivity index (χ4n) is 3.33. The summed E-state index contributed by atoms with van der Waals surface area (Å²) in [6.45, 7) is 2.17. The van der Waals surface area contributed by atoms with Crippen LogP contribution in [0.4, 0.5) is 0 Å². The summed E-state index contributed by atoms with van der Waals surface area (Å²) in [6.07, 6.45) is 1.48. The standard InChI is InChI=1S/C23H21N3O4/c1-16-8-10-17(11-9-16)13-24-21(27)15-25-20-7-3-2-6-19(20)22(28)26(23(25)29)14-18-5-4-12-30-18/h2-12H,13-15H2,1H3,(H,24,27). The van der Waals surface area contributed by atoms with Crippen LogP contribution < -0.4 is 16.6 Å². The molecule has 2 aromatic heterocycles. The van der Waals surface area contributed by atoms with Gasteiger partial charge in [-0.3, -0.25) is 18.7 Å². The molecular weight excluding hydrogens is 382 g/mol. The molecule has 2 aromatic carbocycles. The van der Waals surface area contributed by atoms with E-state index in [2.05, 4.69) is 5.32 Å². The topological polar surface area (TPSA) is 86.2 Å². The highest BCUT2D eigenvalue weighted by molar-refractivity contribution is 5.81. The van der Waals surface area contributed by atoms with E-state index < -0.39 is 11.2 Å². The van der Waals surface area contributed by atoms with E-state index in [0.29, 0.717) is 23.2 Å². The van der Waals surface area contributed by atoms with Gasteiger partial charge in [0.05, 0.1) is 23.7 Å². The lowest BCUT2D eigenvalue weighted by Gasteiger charge is -2.14. The van der Waals surface area contributed by atoms with Crippen LogP contribution in [0.15, 0.2) is 80.9 Å². The van der Waals surface area contributed by atoms with Crippen LogP contribution in [-0.4, -0.2) is 15.0 Å². The van der Waals surface area contributed by atoms with E-state index in [1.165, 1.54) is 10.8 Å². The van der Waals surface area contributed by atoms with Crippen molar-refractivity contribution < 1.29 is 9.21 Å². The van der Waals surface area contributed by atoms with Crippen molar-refractivity contribution in [2.45, 2.75) is 26.6 Å². The monoisotopic (exact) mass is 403 g/mol. The van der Waals surface area contributed by atoms with Crippen LogP contribution in [0.2, 0.25) is 0 Å². The number of hydrogen-bond donors (Lipinski definition) is 1. The highest BCUT2D eigenvalue weighted by atomic mass is 16.3. The quantitative estimate of drug-likeness (QED) is 0.536. The van der Waals surface area contributed by atoms with Gasteiger partial charge in [0, 0.05) is 6.54 Å². The first-order valence-electron chi connectivity index (χ1n) is 9.60. The highest BCUT2D eigenvalue weighted by Gasteiger charge is 2.16. The zero-order valence-corrected chi connectivity index (χ0v) is 16.5. The van der Waals surface area contributed by atoms with Crippen molar-refractivity contribution in [1.82, 2.24) is 14.5 Å². The molecule has 0 aliphatic heterocycles. The Hall–Kier alpha value is -3.87. The van der Waals surface area contributed by atoms with Gasteiger partial charge in [0.15, 0.2) is 0 Å². The third-order valence-corrected chi connectivity index (χ3v) is 4.94. The molecule has 4 rings (SSSR count). The van der Waals surface area contributed by atoms with Gasteiger partial charge in [-0.2, -0.15) is 0 Å². The summed E-state index contributed by atoms with van der Waals surface area (Å²) in [5, 5.41) is 3.20. The molecule has 0 saturated carbocycles. The summed E-state index contributed by atoms with van der Waals surface area (Å²) < 4.78 is 7.70. The lowest BCUT2D eigenvalue weighted by Crippen LogP contribution is -2.42. The first-order valence-corrected chi connectivity index (χ1v) is 9.60. The number of carbonyl (C=O) groups is 1. The number of aryl methyl sites for hydroxylation is 1. The number of benzene rings is 2. The Labute approximate surface area is 172 Å². The number of nitrogens with one attached hydrogen (secondary N) is 1. The smallest absolute Gasteiger partial charge is 0.332 e. The molecule has 1 N–H and O–H groups in total. The number of amides is 1. The molecule has 0 unspecified atom stereocenters. The van der Waals surface area contributed by atoms with Gasteiger partial charge < -0.3 is 9.73 Å². The Bertz CT molecular complexity index is 1300. The molecule has 0 radical (unpaired) electrons. The molecule has 2 heterocycles. The van der Waals surface area contributed by atoms with E-state index in [0.717, 1.165) is 15.7 Å². The van der Waals surface area contributed by atoms with Crippen molar-refractivity contribution in [2.24, 2.45) is 0 Å². The molecule has 7 nitrogen and oxygen atoms in total. The number of carbonyl (C=O) groups excluding carboxylic acids is 1. The van der Waals surface area contributed by atoms with Crippen LogP contribution in [0.3, 0.4) is 0 Å². The highest BCUT2D eigenvalue weighted by Crippen LogP contribution is 2.09. The molecular formula is C23H21N3O4. The number of aromatic nitrogens is 2. The van der Waals surface area contributed by atoms with Gasteiger partial charge in [-0.25, -0.2) is 4.79 Å². The first-order chi connectivity index (χ1) is 14.5. The molecule has 30 heavy (non-hydrogen) atoms. The molecule has 0 spiro atoms. The lowest BCUT2D eigenvalue weighted by atomic mass is 10.1. The number of nitrogens with zero attached hydrogens (tertiary/aromatic N) is 2. The zero-order chi connectivity index (χ0) is 21.1. The van der Waals surface area contributed by atoms with Crippen LogP contribution in [0.5, 0.6) is 0 Å². The van der Waals surface area contributed by atoms with Crippen molar-refractivity contribution >= 4 is 16.8 Å². The summed E-state index contributed by atoms with van der Waals surface area (Å²) in [5.41, 5.74) is 1.56. The number of para-hydroxylation sites is 1. The van der Waals surface area contributed by atoms with Gasteiger partial charge >= 0.3 is 5.69 Å². The molecule has 0 aliphatic rings. The van der Waals surface area contributed by atoms with Crippen LogP contribution in [0.1, 0.15) is 16.9 Å². The van der Waals surface area contributed by atoms with Crippen LogP contribution in [0.25, 0.3) is 10.9 Å². The van der Waals surface area contributed by atoms with Crippen LogP contribution in [0, 0.1) is 6.92 Å². The summed E-state index contributed by atoms with van der Waals surface area (Å²) in [6, 6.07) is 18.0. The predicted molar refractivity (Wildman–Crippen MR) is 113 cm³/mol. The van der Waals surface area contributed by atoms with Crippen molar-refractivity contribution in [3.8, 4) is 0 Å². The normalized spacial score (nSPS) is 11.0. The summed E-state index contributed by atoms with van der Waals surface area (Å²) >= 11 is 0. The third-order valence-electron chi connectivity index (χ3n) is 4.94. The minimum Gasteiger partial charge on any atom is -0.467 e. The second-order valence-corrected chi connectivity index (χ2v) is 7.12. The Morgan fingerprint density at radius 3 is 2.47 bits per heavy atom.